The maximum Gasteiger partial charge on any atom is 0.250 e. The SMILES string of the molecule is CCCCN1C(=O)[C@@H]2C(C(C)O)NC3(C(=O)Nc4ccc(F)cc43)[C@@H]2C1=O. The summed E-state index contributed by atoms with van der Waals surface area (Å²) in [7, 11) is 0. The highest BCUT2D eigenvalue weighted by Crippen LogP contribution is 2.53. The average molecular weight is 375 g/mol. The number of amides is 3. The second-order valence-corrected chi connectivity index (χ2v) is 7.55. The van der Waals surface area contributed by atoms with Crippen LogP contribution in [0, 0.1) is 17.7 Å². The molecule has 144 valence electrons. The number of fused-ring (bicyclic) bond motifs is 4. The van der Waals surface area contributed by atoms with Gasteiger partial charge in [-0.25, -0.2) is 4.39 Å². The molecular formula is C19H22FN3O4. The summed E-state index contributed by atoms with van der Waals surface area (Å²) in [6, 6.07) is 3.11. The Morgan fingerprint density at radius 1 is 1.30 bits per heavy atom. The standard InChI is InChI=1S/C19H22FN3O4/c1-3-4-7-23-16(25)13-14(17(23)26)19(22-15(13)9(2)24)11-8-10(20)5-6-12(11)21-18(19)27/h5-6,8-9,13-15,22,24H,3-4,7H2,1-2H3,(H,21,27)/t9?,13-,14-,15?,19?/m0/s1. The molecule has 0 bridgehead atoms. The number of rotatable bonds is 4. The minimum atomic E-state index is -1.56. The Balaban J connectivity index is 1.86. The molecule has 1 aromatic rings. The molecule has 1 aromatic carbocycles. The third-order valence-corrected chi connectivity index (χ3v) is 5.96. The van der Waals surface area contributed by atoms with Gasteiger partial charge in [-0.15, -0.1) is 0 Å². The van der Waals surface area contributed by atoms with Crippen LogP contribution < -0.4 is 10.6 Å². The number of likely N-dealkylation sites (tertiary alicyclic amines) is 1. The van der Waals surface area contributed by atoms with Crippen LogP contribution >= 0.6 is 0 Å². The summed E-state index contributed by atoms with van der Waals surface area (Å²) in [5.74, 6) is -3.74. The third-order valence-electron chi connectivity index (χ3n) is 5.96. The first-order chi connectivity index (χ1) is 12.8. The lowest BCUT2D eigenvalue weighted by Crippen LogP contribution is -2.54. The van der Waals surface area contributed by atoms with Gasteiger partial charge in [0.15, 0.2) is 0 Å². The van der Waals surface area contributed by atoms with Crippen molar-refractivity contribution in [3.63, 3.8) is 0 Å². The summed E-state index contributed by atoms with van der Waals surface area (Å²) in [6.07, 6.45) is 0.503. The predicted molar refractivity (Wildman–Crippen MR) is 93.9 cm³/mol. The van der Waals surface area contributed by atoms with Crippen molar-refractivity contribution >= 4 is 23.4 Å². The Morgan fingerprint density at radius 2 is 2.04 bits per heavy atom. The van der Waals surface area contributed by atoms with Crippen molar-refractivity contribution < 1.29 is 23.9 Å². The van der Waals surface area contributed by atoms with Gasteiger partial charge in [0.2, 0.25) is 17.7 Å². The first-order valence-corrected chi connectivity index (χ1v) is 9.25. The van der Waals surface area contributed by atoms with Crippen LogP contribution in [0.4, 0.5) is 10.1 Å². The number of hydrogen-bond acceptors (Lipinski definition) is 5. The number of hydrogen-bond donors (Lipinski definition) is 3. The highest BCUT2D eigenvalue weighted by atomic mass is 19.1. The number of nitrogens with one attached hydrogen (secondary N) is 2. The Bertz CT molecular complexity index is 842. The van der Waals surface area contributed by atoms with Crippen molar-refractivity contribution in [3.8, 4) is 0 Å². The van der Waals surface area contributed by atoms with E-state index in [1.165, 1.54) is 30.0 Å². The van der Waals surface area contributed by atoms with E-state index in [9.17, 15) is 23.9 Å². The van der Waals surface area contributed by atoms with E-state index < -0.39 is 47.2 Å². The van der Waals surface area contributed by atoms with E-state index >= 15 is 0 Å². The number of imide groups is 1. The van der Waals surface area contributed by atoms with Gasteiger partial charge in [-0.3, -0.25) is 24.6 Å². The Kier molecular flexibility index (Phi) is 4.08. The Hall–Kier alpha value is -2.32. The van der Waals surface area contributed by atoms with Gasteiger partial charge in [0.05, 0.1) is 17.9 Å². The molecule has 3 unspecified atom stereocenters. The molecule has 7 nitrogen and oxygen atoms in total. The van der Waals surface area contributed by atoms with Crippen LogP contribution in [0.2, 0.25) is 0 Å². The molecule has 3 N–H and O–H groups in total. The molecule has 8 heteroatoms. The maximum absolute atomic E-state index is 14.0. The number of nitrogens with zero attached hydrogens (tertiary/aromatic N) is 1. The first-order valence-electron chi connectivity index (χ1n) is 9.25. The molecule has 27 heavy (non-hydrogen) atoms. The van der Waals surface area contributed by atoms with Gasteiger partial charge >= 0.3 is 0 Å². The van der Waals surface area contributed by atoms with Gasteiger partial charge in [0, 0.05) is 23.8 Å². The van der Waals surface area contributed by atoms with E-state index in [0.717, 1.165) is 6.42 Å². The number of carbonyl (C=O) groups is 3. The van der Waals surface area contributed by atoms with Crippen LogP contribution in [0.3, 0.4) is 0 Å². The summed E-state index contributed by atoms with van der Waals surface area (Å²) >= 11 is 0. The van der Waals surface area contributed by atoms with Gasteiger partial charge in [0.1, 0.15) is 11.4 Å². The summed E-state index contributed by atoms with van der Waals surface area (Å²) in [6.45, 7) is 3.75. The fourth-order valence-electron chi connectivity index (χ4n) is 4.71. The molecule has 3 heterocycles. The summed E-state index contributed by atoms with van der Waals surface area (Å²) in [4.78, 5) is 40.4. The molecule has 0 aromatic heterocycles. The number of aliphatic hydroxyl groups is 1. The lowest BCUT2D eigenvalue weighted by molar-refractivity contribution is -0.143. The van der Waals surface area contributed by atoms with Gasteiger partial charge in [-0.05, 0) is 31.5 Å². The fourth-order valence-corrected chi connectivity index (χ4v) is 4.71. The zero-order chi connectivity index (χ0) is 19.5. The molecule has 3 amide bonds. The highest BCUT2D eigenvalue weighted by molar-refractivity contribution is 6.15. The predicted octanol–water partition coefficient (Wildman–Crippen LogP) is 0.727. The molecule has 0 aliphatic carbocycles. The van der Waals surface area contributed by atoms with Crippen molar-refractivity contribution in [1.82, 2.24) is 10.2 Å². The van der Waals surface area contributed by atoms with E-state index in [1.54, 1.807) is 0 Å². The Morgan fingerprint density at radius 3 is 2.70 bits per heavy atom. The number of carbonyl (C=O) groups excluding carboxylic acids is 3. The Labute approximate surface area is 155 Å². The van der Waals surface area contributed by atoms with Crippen LogP contribution in [0.25, 0.3) is 0 Å². The second kappa shape index (κ2) is 6.10. The largest absolute Gasteiger partial charge is 0.392 e. The topological polar surface area (TPSA) is 98.7 Å². The number of benzene rings is 1. The molecule has 4 rings (SSSR count). The molecule has 5 atom stereocenters. The average Bonchev–Trinajstić information content (AvgIpc) is 3.20. The number of halogens is 1. The van der Waals surface area contributed by atoms with Crippen LogP contribution in [-0.4, -0.2) is 46.4 Å². The van der Waals surface area contributed by atoms with Crippen molar-refractivity contribution in [2.45, 2.75) is 44.4 Å². The van der Waals surface area contributed by atoms with Crippen LogP contribution in [0.5, 0.6) is 0 Å². The van der Waals surface area contributed by atoms with Gasteiger partial charge in [0.25, 0.3) is 0 Å². The van der Waals surface area contributed by atoms with Gasteiger partial charge < -0.3 is 10.4 Å². The van der Waals surface area contributed by atoms with Gasteiger partial charge in [-0.1, -0.05) is 13.3 Å². The smallest absolute Gasteiger partial charge is 0.250 e. The maximum atomic E-state index is 14.0. The summed E-state index contributed by atoms with van der Waals surface area (Å²) < 4.78 is 14.0. The third kappa shape index (κ3) is 2.29. The van der Waals surface area contributed by atoms with Crippen molar-refractivity contribution in [2.75, 3.05) is 11.9 Å². The fraction of sp³-hybridized carbons (Fsp3) is 0.526. The number of aliphatic hydroxyl groups excluding tert-OH is 1. The van der Waals surface area contributed by atoms with Crippen molar-refractivity contribution in [3.05, 3.63) is 29.6 Å². The van der Waals surface area contributed by atoms with Gasteiger partial charge in [-0.2, -0.15) is 0 Å². The molecule has 1 spiro atoms. The van der Waals surface area contributed by atoms with E-state index in [-0.39, 0.29) is 12.5 Å². The minimum Gasteiger partial charge on any atom is -0.392 e. The van der Waals surface area contributed by atoms with Crippen LogP contribution in [-0.2, 0) is 19.9 Å². The van der Waals surface area contributed by atoms with Crippen molar-refractivity contribution in [2.24, 2.45) is 11.8 Å². The quantitative estimate of drug-likeness (QED) is 0.674. The zero-order valence-electron chi connectivity index (χ0n) is 15.2. The minimum absolute atomic E-state index is 0.279. The molecule has 0 saturated carbocycles. The zero-order valence-corrected chi connectivity index (χ0v) is 15.2. The van der Waals surface area contributed by atoms with E-state index in [0.29, 0.717) is 17.7 Å². The molecule has 2 fully saturated rings. The lowest BCUT2D eigenvalue weighted by atomic mass is 9.76. The summed E-state index contributed by atoms with van der Waals surface area (Å²) in [5.41, 5.74) is -0.840. The molecule has 0 radical (unpaired) electrons. The summed E-state index contributed by atoms with van der Waals surface area (Å²) in [5, 5.41) is 16.0. The van der Waals surface area contributed by atoms with E-state index in [4.69, 9.17) is 0 Å². The van der Waals surface area contributed by atoms with E-state index in [1.807, 2.05) is 6.92 Å². The van der Waals surface area contributed by atoms with Crippen LogP contribution in [0.1, 0.15) is 32.3 Å². The number of anilines is 1. The highest BCUT2D eigenvalue weighted by Gasteiger charge is 2.71. The lowest BCUT2D eigenvalue weighted by Gasteiger charge is -2.30. The molecule has 2 saturated heterocycles. The molecular weight excluding hydrogens is 353 g/mol. The van der Waals surface area contributed by atoms with E-state index in [2.05, 4.69) is 10.6 Å². The van der Waals surface area contributed by atoms with Crippen molar-refractivity contribution in [1.29, 1.82) is 0 Å². The molecule has 3 aliphatic heterocycles. The first kappa shape index (κ1) is 18.1. The molecule has 3 aliphatic rings. The number of unbranched alkanes of at least 4 members (excludes halogenated alkanes) is 1. The normalized spacial score (nSPS) is 32.8. The second-order valence-electron chi connectivity index (χ2n) is 7.55. The van der Waals surface area contributed by atoms with Crippen LogP contribution in [0.15, 0.2) is 18.2 Å². The monoisotopic (exact) mass is 375 g/mol.